The third-order valence-electron chi connectivity index (χ3n) is 2.76. The Kier molecular flexibility index (Phi) is 5.26. The molecular formula is C15H15N3O3S. The SMILES string of the molecule is COc1ccc(NC(=O)C(=O)N/N=C(\C)c2cccs2)cc1. The number of thiophene rings is 1. The van der Waals surface area contributed by atoms with Crippen molar-refractivity contribution in [3.05, 3.63) is 46.7 Å². The van der Waals surface area contributed by atoms with Gasteiger partial charge in [-0.05, 0) is 42.6 Å². The number of amides is 2. The largest absolute Gasteiger partial charge is 0.497 e. The Bertz CT molecular complexity index is 679. The van der Waals surface area contributed by atoms with Gasteiger partial charge in [0.1, 0.15) is 5.75 Å². The predicted molar refractivity (Wildman–Crippen MR) is 86.3 cm³/mol. The maximum absolute atomic E-state index is 11.7. The van der Waals surface area contributed by atoms with Gasteiger partial charge >= 0.3 is 11.8 Å². The van der Waals surface area contributed by atoms with Gasteiger partial charge in [0.25, 0.3) is 0 Å². The van der Waals surface area contributed by atoms with Crippen LogP contribution in [0.2, 0.25) is 0 Å². The summed E-state index contributed by atoms with van der Waals surface area (Å²) in [4.78, 5) is 24.4. The average Bonchev–Trinajstić information content (AvgIpc) is 3.07. The highest BCUT2D eigenvalue weighted by atomic mass is 32.1. The molecule has 0 bridgehead atoms. The van der Waals surface area contributed by atoms with Crippen molar-refractivity contribution in [3.8, 4) is 5.75 Å². The Hall–Kier alpha value is -2.67. The van der Waals surface area contributed by atoms with Crippen molar-refractivity contribution in [2.24, 2.45) is 5.10 Å². The van der Waals surface area contributed by atoms with E-state index in [1.54, 1.807) is 38.3 Å². The number of carbonyl (C=O) groups excluding carboxylic acids is 2. The van der Waals surface area contributed by atoms with Crippen LogP contribution >= 0.6 is 11.3 Å². The molecule has 0 atom stereocenters. The molecule has 7 heteroatoms. The van der Waals surface area contributed by atoms with Gasteiger partial charge in [-0.25, -0.2) is 5.43 Å². The second kappa shape index (κ2) is 7.37. The molecule has 0 unspecified atom stereocenters. The first kappa shape index (κ1) is 15.7. The molecule has 1 aromatic carbocycles. The molecule has 22 heavy (non-hydrogen) atoms. The summed E-state index contributed by atoms with van der Waals surface area (Å²) >= 11 is 1.50. The Morgan fingerprint density at radius 3 is 2.45 bits per heavy atom. The smallest absolute Gasteiger partial charge is 0.329 e. The summed E-state index contributed by atoms with van der Waals surface area (Å²) in [6, 6.07) is 10.4. The summed E-state index contributed by atoms with van der Waals surface area (Å²) in [5, 5.41) is 8.29. The van der Waals surface area contributed by atoms with Crippen LogP contribution in [-0.4, -0.2) is 24.6 Å². The summed E-state index contributed by atoms with van der Waals surface area (Å²) in [5.74, 6) is -0.946. The maximum atomic E-state index is 11.7. The molecule has 0 saturated heterocycles. The van der Waals surface area contributed by atoms with Crippen LogP contribution in [0.25, 0.3) is 0 Å². The predicted octanol–water partition coefficient (Wildman–Crippen LogP) is 2.24. The minimum absolute atomic E-state index is 0.500. The third kappa shape index (κ3) is 4.16. The first-order chi connectivity index (χ1) is 10.6. The quantitative estimate of drug-likeness (QED) is 0.515. The average molecular weight is 317 g/mol. The van der Waals surface area contributed by atoms with Crippen LogP contribution in [0, 0.1) is 0 Å². The minimum atomic E-state index is -0.827. The lowest BCUT2D eigenvalue weighted by Gasteiger charge is -2.05. The number of anilines is 1. The van der Waals surface area contributed by atoms with Crippen LogP contribution in [0.15, 0.2) is 46.9 Å². The van der Waals surface area contributed by atoms with Crippen LogP contribution in [-0.2, 0) is 9.59 Å². The summed E-state index contributed by atoms with van der Waals surface area (Å²) in [7, 11) is 1.55. The Labute approximate surface area is 131 Å². The zero-order chi connectivity index (χ0) is 15.9. The second-order valence-corrected chi connectivity index (χ2v) is 5.25. The van der Waals surface area contributed by atoms with E-state index in [0.717, 1.165) is 4.88 Å². The second-order valence-electron chi connectivity index (χ2n) is 4.30. The van der Waals surface area contributed by atoms with Gasteiger partial charge in [-0.15, -0.1) is 11.3 Å². The highest BCUT2D eigenvalue weighted by molar-refractivity contribution is 7.12. The Morgan fingerprint density at radius 2 is 1.86 bits per heavy atom. The van der Waals surface area contributed by atoms with Crippen molar-refractivity contribution >= 4 is 34.6 Å². The molecule has 6 nitrogen and oxygen atoms in total. The van der Waals surface area contributed by atoms with Gasteiger partial charge in [-0.3, -0.25) is 9.59 Å². The van der Waals surface area contributed by atoms with Gasteiger partial charge in [0.05, 0.1) is 12.8 Å². The molecule has 0 fully saturated rings. The standard InChI is InChI=1S/C15H15N3O3S/c1-10(13-4-3-9-22-13)17-18-15(20)14(19)16-11-5-7-12(21-2)8-6-11/h3-9H,1-2H3,(H,16,19)(H,18,20)/b17-10+. The van der Waals surface area contributed by atoms with E-state index < -0.39 is 11.8 Å². The van der Waals surface area contributed by atoms with Gasteiger partial charge in [0.2, 0.25) is 0 Å². The molecular weight excluding hydrogens is 302 g/mol. The van der Waals surface area contributed by atoms with Crippen LogP contribution < -0.4 is 15.5 Å². The van der Waals surface area contributed by atoms with E-state index in [1.807, 2.05) is 17.5 Å². The zero-order valence-electron chi connectivity index (χ0n) is 12.1. The fraction of sp³-hybridized carbons (Fsp3) is 0.133. The molecule has 2 aromatic rings. The van der Waals surface area contributed by atoms with E-state index in [1.165, 1.54) is 11.3 Å². The number of nitrogens with zero attached hydrogens (tertiary/aromatic N) is 1. The summed E-state index contributed by atoms with van der Waals surface area (Å²) in [5.41, 5.74) is 3.37. The first-order valence-electron chi connectivity index (χ1n) is 6.43. The van der Waals surface area contributed by atoms with Crippen LogP contribution in [0.4, 0.5) is 5.69 Å². The van der Waals surface area contributed by atoms with E-state index in [0.29, 0.717) is 17.1 Å². The van der Waals surface area contributed by atoms with Crippen molar-refractivity contribution in [1.29, 1.82) is 0 Å². The van der Waals surface area contributed by atoms with Crippen LogP contribution in [0.5, 0.6) is 5.75 Å². The molecule has 1 aromatic heterocycles. The van der Waals surface area contributed by atoms with Crippen molar-refractivity contribution in [3.63, 3.8) is 0 Å². The van der Waals surface area contributed by atoms with Crippen molar-refractivity contribution < 1.29 is 14.3 Å². The number of hydrogen-bond acceptors (Lipinski definition) is 5. The highest BCUT2D eigenvalue weighted by Crippen LogP contribution is 2.14. The lowest BCUT2D eigenvalue weighted by molar-refractivity contribution is -0.136. The monoisotopic (exact) mass is 317 g/mol. The zero-order valence-corrected chi connectivity index (χ0v) is 12.9. The lowest BCUT2D eigenvalue weighted by Crippen LogP contribution is -2.32. The fourth-order valence-corrected chi connectivity index (χ4v) is 2.26. The van der Waals surface area contributed by atoms with E-state index in [-0.39, 0.29) is 0 Å². The number of rotatable bonds is 4. The van der Waals surface area contributed by atoms with Gasteiger partial charge in [0, 0.05) is 10.6 Å². The number of hydrazone groups is 1. The molecule has 0 radical (unpaired) electrons. The van der Waals surface area contributed by atoms with Crippen molar-refractivity contribution in [2.75, 3.05) is 12.4 Å². The normalized spacial score (nSPS) is 10.9. The van der Waals surface area contributed by atoms with Gasteiger partial charge in [-0.1, -0.05) is 6.07 Å². The Balaban J connectivity index is 1.91. The van der Waals surface area contributed by atoms with Crippen LogP contribution in [0.1, 0.15) is 11.8 Å². The number of benzene rings is 1. The molecule has 2 N–H and O–H groups in total. The van der Waals surface area contributed by atoms with E-state index in [2.05, 4.69) is 15.8 Å². The van der Waals surface area contributed by atoms with Crippen LogP contribution in [0.3, 0.4) is 0 Å². The van der Waals surface area contributed by atoms with E-state index in [4.69, 9.17) is 4.74 Å². The van der Waals surface area contributed by atoms with E-state index >= 15 is 0 Å². The molecule has 114 valence electrons. The molecule has 0 spiro atoms. The number of nitrogens with one attached hydrogen (secondary N) is 2. The molecule has 0 aliphatic carbocycles. The number of methoxy groups -OCH3 is 1. The summed E-state index contributed by atoms with van der Waals surface area (Å²) in [6.45, 7) is 1.76. The Morgan fingerprint density at radius 1 is 1.14 bits per heavy atom. The fourth-order valence-electron chi connectivity index (χ4n) is 1.59. The van der Waals surface area contributed by atoms with Gasteiger partial charge in [0.15, 0.2) is 0 Å². The molecule has 0 saturated carbocycles. The van der Waals surface area contributed by atoms with Crippen molar-refractivity contribution in [1.82, 2.24) is 5.43 Å². The molecule has 1 heterocycles. The number of ether oxygens (including phenoxy) is 1. The lowest BCUT2D eigenvalue weighted by atomic mass is 10.3. The number of carbonyl (C=O) groups is 2. The number of hydrogen-bond donors (Lipinski definition) is 2. The molecule has 2 rings (SSSR count). The van der Waals surface area contributed by atoms with Crippen molar-refractivity contribution in [2.45, 2.75) is 6.92 Å². The minimum Gasteiger partial charge on any atom is -0.497 e. The molecule has 2 amide bonds. The molecule has 0 aliphatic rings. The van der Waals surface area contributed by atoms with Gasteiger partial charge < -0.3 is 10.1 Å². The maximum Gasteiger partial charge on any atom is 0.329 e. The first-order valence-corrected chi connectivity index (χ1v) is 7.31. The van der Waals surface area contributed by atoms with E-state index in [9.17, 15) is 9.59 Å². The summed E-state index contributed by atoms with van der Waals surface area (Å²) < 4.78 is 5.01. The topological polar surface area (TPSA) is 79.8 Å². The summed E-state index contributed by atoms with van der Waals surface area (Å²) in [6.07, 6.45) is 0. The molecule has 0 aliphatic heterocycles. The third-order valence-corrected chi connectivity index (χ3v) is 3.74. The van der Waals surface area contributed by atoms with Gasteiger partial charge in [-0.2, -0.15) is 5.10 Å². The highest BCUT2D eigenvalue weighted by Gasteiger charge is 2.13.